The van der Waals surface area contributed by atoms with Crippen molar-refractivity contribution in [2.75, 3.05) is 13.4 Å². The van der Waals surface area contributed by atoms with Gasteiger partial charge in [0.1, 0.15) is 6.79 Å². The normalized spacial score (nSPS) is 32.0. The van der Waals surface area contributed by atoms with Crippen LogP contribution in [0.5, 0.6) is 0 Å². The van der Waals surface area contributed by atoms with Crippen LogP contribution in [0.25, 0.3) is 0 Å². The summed E-state index contributed by atoms with van der Waals surface area (Å²) in [6.45, 7) is 4.09. The number of hydrogen-bond acceptors (Lipinski definition) is 3. The summed E-state index contributed by atoms with van der Waals surface area (Å²) in [4.78, 5) is 10.5. The van der Waals surface area contributed by atoms with E-state index in [1.807, 2.05) is 0 Å². The molecule has 1 unspecified atom stereocenters. The zero-order chi connectivity index (χ0) is 7.45. The smallest absolute Gasteiger partial charge is 0.154 e. The van der Waals surface area contributed by atoms with Gasteiger partial charge >= 0.3 is 0 Å². The molecule has 3 nitrogen and oxygen atoms in total. The lowest BCUT2D eigenvalue weighted by molar-refractivity contribution is -0.124. The molecule has 1 aliphatic heterocycles. The van der Waals surface area contributed by atoms with Gasteiger partial charge in [0.05, 0.1) is 6.61 Å². The molecule has 0 radical (unpaired) electrons. The molecule has 0 aromatic rings. The number of aldehydes is 1. The Morgan fingerprint density at radius 2 is 2.50 bits per heavy atom. The molecule has 3 heteroatoms. The minimum absolute atomic E-state index is 0.215. The monoisotopic (exact) mass is 142 g/mol. The van der Waals surface area contributed by atoms with E-state index in [9.17, 15) is 4.79 Å². The Bertz CT molecular complexity index is 136. The molecule has 1 rings (SSSR count). The Morgan fingerprint density at radius 1 is 1.70 bits per heavy atom. The minimum atomic E-state index is -0.734. The molecular weight excluding hydrogens is 132 g/mol. The molecule has 0 bridgehead atoms. The molecule has 0 aromatic heterocycles. The molecule has 0 aliphatic carbocycles. The predicted molar refractivity (Wildman–Crippen MR) is 35.5 cm³/mol. The van der Waals surface area contributed by atoms with Crippen LogP contribution in [0.1, 0.15) is 6.42 Å². The SMILES string of the molecule is C=CCC1(C=O)COCO1. The molecule has 0 amide bonds. The zero-order valence-electron chi connectivity index (χ0n) is 5.71. The van der Waals surface area contributed by atoms with Gasteiger partial charge < -0.3 is 14.3 Å². The molecule has 1 atom stereocenters. The van der Waals surface area contributed by atoms with Crippen molar-refractivity contribution in [3.05, 3.63) is 12.7 Å². The van der Waals surface area contributed by atoms with Crippen LogP contribution in [0.3, 0.4) is 0 Å². The summed E-state index contributed by atoms with van der Waals surface area (Å²) in [6, 6.07) is 0. The van der Waals surface area contributed by atoms with E-state index in [4.69, 9.17) is 9.47 Å². The molecule has 1 fully saturated rings. The average molecular weight is 142 g/mol. The second-order valence-electron chi connectivity index (χ2n) is 2.29. The first-order chi connectivity index (χ1) is 4.83. The maximum absolute atomic E-state index is 10.5. The standard InChI is InChI=1S/C7H10O3/c1-2-3-7(4-8)5-9-6-10-7/h2,4H,1,3,5-6H2. The van der Waals surface area contributed by atoms with E-state index in [-0.39, 0.29) is 6.79 Å². The van der Waals surface area contributed by atoms with Crippen molar-refractivity contribution in [2.24, 2.45) is 0 Å². The van der Waals surface area contributed by atoms with Crippen LogP contribution < -0.4 is 0 Å². The fourth-order valence-electron chi connectivity index (χ4n) is 0.893. The predicted octanol–water partition coefficient (Wildman–Crippen LogP) is 0.504. The molecule has 0 N–H and O–H groups in total. The van der Waals surface area contributed by atoms with E-state index < -0.39 is 5.60 Å². The number of rotatable bonds is 3. The third kappa shape index (κ3) is 1.25. The van der Waals surface area contributed by atoms with Crippen molar-refractivity contribution in [2.45, 2.75) is 12.0 Å². The van der Waals surface area contributed by atoms with Gasteiger partial charge in [-0.3, -0.25) is 0 Å². The summed E-state index contributed by atoms with van der Waals surface area (Å²) < 4.78 is 9.97. The molecule has 0 aromatic carbocycles. The largest absolute Gasteiger partial charge is 0.352 e. The van der Waals surface area contributed by atoms with Gasteiger partial charge in [0, 0.05) is 6.42 Å². The van der Waals surface area contributed by atoms with Crippen molar-refractivity contribution < 1.29 is 14.3 Å². The van der Waals surface area contributed by atoms with E-state index in [0.717, 1.165) is 6.29 Å². The Labute approximate surface area is 59.6 Å². The molecule has 0 spiro atoms. The number of ether oxygens (including phenoxy) is 2. The van der Waals surface area contributed by atoms with Crippen molar-refractivity contribution >= 4 is 6.29 Å². The third-order valence-corrected chi connectivity index (χ3v) is 1.48. The molecule has 0 saturated carbocycles. The highest BCUT2D eigenvalue weighted by Crippen LogP contribution is 2.19. The van der Waals surface area contributed by atoms with Crippen LogP contribution in [0.2, 0.25) is 0 Å². The van der Waals surface area contributed by atoms with Gasteiger partial charge in [-0.1, -0.05) is 6.08 Å². The van der Waals surface area contributed by atoms with Crippen LogP contribution >= 0.6 is 0 Å². The maximum Gasteiger partial charge on any atom is 0.154 e. The van der Waals surface area contributed by atoms with Gasteiger partial charge in [-0.2, -0.15) is 0 Å². The van der Waals surface area contributed by atoms with Crippen LogP contribution in [-0.4, -0.2) is 25.3 Å². The highest BCUT2D eigenvalue weighted by Gasteiger charge is 2.34. The summed E-state index contributed by atoms with van der Waals surface area (Å²) >= 11 is 0. The Morgan fingerprint density at radius 3 is 2.90 bits per heavy atom. The number of carbonyl (C=O) groups excluding carboxylic acids is 1. The lowest BCUT2D eigenvalue weighted by Crippen LogP contribution is -2.32. The zero-order valence-corrected chi connectivity index (χ0v) is 5.71. The first kappa shape index (κ1) is 7.44. The van der Waals surface area contributed by atoms with Gasteiger partial charge in [-0.05, 0) is 0 Å². The lowest BCUT2D eigenvalue weighted by Gasteiger charge is -2.15. The number of hydrogen-bond donors (Lipinski definition) is 0. The Hall–Kier alpha value is -0.670. The first-order valence-corrected chi connectivity index (χ1v) is 3.12. The van der Waals surface area contributed by atoms with E-state index in [0.29, 0.717) is 13.0 Å². The van der Waals surface area contributed by atoms with Crippen LogP contribution in [0.15, 0.2) is 12.7 Å². The quantitative estimate of drug-likeness (QED) is 0.425. The molecular formula is C7H10O3. The lowest BCUT2D eigenvalue weighted by atomic mass is 10.0. The highest BCUT2D eigenvalue weighted by atomic mass is 16.7. The molecule has 56 valence electrons. The van der Waals surface area contributed by atoms with E-state index in [2.05, 4.69) is 6.58 Å². The maximum atomic E-state index is 10.5. The van der Waals surface area contributed by atoms with E-state index in [1.54, 1.807) is 6.08 Å². The summed E-state index contributed by atoms with van der Waals surface area (Å²) in [6.07, 6.45) is 2.96. The minimum Gasteiger partial charge on any atom is -0.352 e. The van der Waals surface area contributed by atoms with Gasteiger partial charge in [0.25, 0.3) is 0 Å². The van der Waals surface area contributed by atoms with Crippen LogP contribution in [0, 0.1) is 0 Å². The fraction of sp³-hybridized carbons (Fsp3) is 0.571. The van der Waals surface area contributed by atoms with Crippen LogP contribution in [0.4, 0.5) is 0 Å². The van der Waals surface area contributed by atoms with E-state index >= 15 is 0 Å². The Kier molecular flexibility index (Phi) is 2.19. The van der Waals surface area contributed by atoms with Gasteiger partial charge in [0.2, 0.25) is 0 Å². The van der Waals surface area contributed by atoms with Gasteiger partial charge in [0.15, 0.2) is 11.9 Å². The third-order valence-electron chi connectivity index (χ3n) is 1.48. The molecule has 1 heterocycles. The van der Waals surface area contributed by atoms with E-state index in [1.165, 1.54) is 0 Å². The van der Waals surface area contributed by atoms with Crippen molar-refractivity contribution in [3.63, 3.8) is 0 Å². The second-order valence-corrected chi connectivity index (χ2v) is 2.29. The van der Waals surface area contributed by atoms with Gasteiger partial charge in [-0.15, -0.1) is 6.58 Å². The fourth-order valence-corrected chi connectivity index (χ4v) is 0.893. The summed E-state index contributed by atoms with van der Waals surface area (Å²) in [5.41, 5.74) is -0.734. The van der Waals surface area contributed by atoms with Crippen molar-refractivity contribution in [1.82, 2.24) is 0 Å². The van der Waals surface area contributed by atoms with Gasteiger partial charge in [-0.25, -0.2) is 0 Å². The highest BCUT2D eigenvalue weighted by molar-refractivity contribution is 5.63. The number of carbonyl (C=O) groups is 1. The topological polar surface area (TPSA) is 35.5 Å². The molecule has 1 saturated heterocycles. The molecule has 10 heavy (non-hydrogen) atoms. The first-order valence-electron chi connectivity index (χ1n) is 3.12. The van der Waals surface area contributed by atoms with Crippen molar-refractivity contribution in [1.29, 1.82) is 0 Å². The molecule has 1 aliphatic rings. The average Bonchev–Trinajstić information content (AvgIpc) is 2.39. The second kappa shape index (κ2) is 2.94. The van der Waals surface area contributed by atoms with Crippen molar-refractivity contribution in [3.8, 4) is 0 Å². The Balaban J connectivity index is 2.57. The summed E-state index contributed by atoms with van der Waals surface area (Å²) in [5.74, 6) is 0. The summed E-state index contributed by atoms with van der Waals surface area (Å²) in [5, 5.41) is 0. The summed E-state index contributed by atoms with van der Waals surface area (Å²) in [7, 11) is 0. The van der Waals surface area contributed by atoms with Crippen LogP contribution in [-0.2, 0) is 14.3 Å².